The Hall–Kier alpha value is -2.09. The lowest BCUT2D eigenvalue weighted by atomic mass is 9.99. The van der Waals surface area contributed by atoms with E-state index in [1.54, 1.807) is 0 Å². The minimum absolute atomic E-state index is 0.00708. The summed E-state index contributed by atoms with van der Waals surface area (Å²) in [4.78, 5) is 4.63. The van der Waals surface area contributed by atoms with Crippen LogP contribution in [0.15, 0.2) is 65.7 Å². The van der Waals surface area contributed by atoms with Crippen LogP contribution >= 0.6 is 0 Å². The van der Waals surface area contributed by atoms with E-state index in [1.165, 1.54) is 11.1 Å². The maximum atomic E-state index is 5.90. The number of hydrogen-bond acceptors (Lipinski definition) is 1. The van der Waals surface area contributed by atoms with Gasteiger partial charge >= 0.3 is 0 Å². The second kappa shape index (κ2) is 6.01. The van der Waals surface area contributed by atoms with Crippen molar-refractivity contribution in [2.45, 2.75) is 19.4 Å². The molecule has 0 aliphatic rings. The zero-order valence-corrected chi connectivity index (χ0v) is 10.6. The Bertz CT molecular complexity index is 464. The largest absolute Gasteiger partial charge is 0.387 e. The molecule has 0 atom stereocenters. The third-order valence-electron chi connectivity index (χ3n) is 2.89. The molecule has 92 valence electrons. The third kappa shape index (κ3) is 2.98. The molecule has 0 saturated heterocycles. The van der Waals surface area contributed by atoms with Crippen LogP contribution in [0, 0.1) is 0 Å². The summed E-state index contributed by atoms with van der Waals surface area (Å²) in [5.41, 5.74) is 8.23. The van der Waals surface area contributed by atoms with Gasteiger partial charge in [-0.25, -0.2) is 0 Å². The van der Waals surface area contributed by atoms with Gasteiger partial charge in [-0.1, -0.05) is 67.6 Å². The van der Waals surface area contributed by atoms with Crippen LogP contribution in [-0.4, -0.2) is 5.84 Å². The van der Waals surface area contributed by atoms with Gasteiger partial charge in [-0.05, 0) is 11.1 Å². The van der Waals surface area contributed by atoms with Crippen molar-refractivity contribution in [2.75, 3.05) is 0 Å². The molecular weight excluding hydrogens is 220 g/mol. The Labute approximate surface area is 108 Å². The monoisotopic (exact) mass is 238 g/mol. The zero-order valence-electron chi connectivity index (χ0n) is 10.6. The Morgan fingerprint density at radius 3 is 1.78 bits per heavy atom. The van der Waals surface area contributed by atoms with Crippen molar-refractivity contribution in [2.24, 2.45) is 10.7 Å². The highest BCUT2D eigenvalue weighted by Crippen LogP contribution is 2.25. The summed E-state index contributed by atoms with van der Waals surface area (Å²) in [6.07, 6.45) is 0.774. The topological polar surface area (TPSA) is 38.4 Å². The van der Waals surface area contributed by atoms with Crippen LogP contribution in [-0.2, 0) is 0 Å². The third-order valence-corrected chi connectivity index (χ3v) is 2.89. The summed E-state index contributed by atoms with van der Waals surface area (Å²) < 4.78 is 0. The highest BCUT2D eigenvalue weighted by Gasteiger charge is 2.12. The van der Waals surface area contributed by atoms with Gasteiger partial charge in [0, 0.05) is 6.42 Å². The summed E-state index contributed by atoms with van der Waals surface area (Å²) in [7, 11) is 0. The van der Waals surface area contributed by atoms with Crippen LogP contribution in [0.25, 0.3) is 0 Å². The first-order valence-corrected chi connectivity index (χ1v) is 6.23. The van der Waals surface area contributed by atoms with E-state index < -0.39 is 0 Å². The number of hydrogen-bond donors (Lipinski definition) is 1. The van der Waals surface area contributed by atoms with Gasteiger partial charge in [0.25, 0.3) is 0 Å². The van der Waals surface area contributed by atoms with Crippen molar-refractivity contribution < 1.29 is 0 Å². The van der Waals surface area contributed by atoms with Gasteiger partial charge in [-0.3, -0.25) is 4.99 Å². The lowest BCUT2D eigenvalue weighted by molar-refractivity contribution is 0.863. The first-order chi connectivity index (χ1) is 8.81. The molecule has 0 heterocycles. The minimum Gasteiger partial charge on any atom is -0.387 e. The molecule has 2 aromatic rings. The fourth-order valence-electron chi connectivity index (χ4n) is 1.87. The molecule has 0 radical (unpaired) electrons. The molecule has 0 aliphatic carbocycles. The average molecular weight is 238 g/mol. The van der Waals surface area contributed by atoms with E-state index in [9.17, 15) is 0 Å². The molecule has 0 bridgehead atoms. The molecule has 2 aromatic carbocycles. The van der Waals surface area contributed by atoms with Crippen LogP contribution in [0.1, 0.15) is 30.5 Å². The number of nitrogens with two attached hydrogens (primary N) is 1. The van der Waals surface area contributed by atoms with E-state index in [0.717, 1.165) is 6.42 Å². The van der Waals surface area contributed by atoms with Gasteiger partial charge in [0.05, 0.1) is 5.84 Å². The summed E-state index contributed by atoms with van der Waals surface area (Å²) in [6.45, 7) is 2.02. The maximum absolute atomic E-state index is 5.90. The molecule has 0 unspecified atom stereocenters. The predicted molar refractivity (Wildman–Crippen MR) is 76.6 cm³/mol. The summed E-state index contributed by atoms with van der Waals surface area (Å²) in [6, 6.07) is 20.5. The Morgan fingerprint density at radius 1 is 0.944 bits per heavy atom. The summed E-state index contributed by atoms with van der Waals surface area (Å²) in [5.74, 6) is 0.688. The van der Waals surface area contributed by atoms with Crippen molar-refractivity contribution in [3.63, 3.8) is 0 Å². The minimum atomic E-state index is -0.00708. The van der Waals surface area contributed by atoms with Crippen LogP contribution in [0.3, 0.4) is 0 Å². The SMILES string of the molecule is CCC(N)=NC(c1ccccc1)c1ccccc1. The normalized spacial score (nSPS) is 11.8. The lowest BCUT2D eigenvalue weighted by Crippen LogP contribution is -2.12. The first-order valence-electron chi connectivity index (χ1n) is 6.23. The van der Waals surface area contributed by atoms with Gasteiger partial charge in [0.15, 0.2) is 0 Å². The second-order valence-electron chi connectivity index (χ2n) is 4.20. The van der Waals surface area contributed by atoms with Crippen LogP contribution in [0.5, 0.6) is 0 Å². The molecule has 18 heavy (non-hydrogen) atoms. The molecule has 2 nitrogen and oxygen atoms in total. The Kier molecular flexibility index (Phi) is 4.13. The molecule has 0 amide bonds. The van der Waals surface area contributed by atoms with Crippen LogP contribution < -0.4 is 5.73 Å². The Morgan fingerprint density at radius 2 is 1.39 bits per heavy atom. The quantitative estimate of drug-likeness (QED) is 0.642. The predicted octanol–water partition coefficient (Wildman–Crippen LogP) is 3.54. The number of aliphatic imine (C=N–C) groups is 1. The van der Waals surface area contributed by atoms with E-state index in [-0.39, 0.29) is 6.04 Å². The van der Waals surface area contributed by atoms with Crippen molar-refractivity contribution in [3.8, 4) is 0 Å². The first kappa shape index (κ1) is 12.4. The Balaban J connectivity index is 2.42. The molecule has 2 heteroatoms. The van der Waals surface area contributed by atoms with E-state index in [0.29, 0.717) is 5.84 Å². The smallest absolute Gasteiger partial charge is 0.102 e. The molecule has 0 aliphatic heterocycles. The molecule has 2 rings (SSSR count). The van der Waals surface area contributed by atoms with E-state index in [1.807, 2.05) is 43.3 Å². The standard InChI is InChI=1S/C16H18N2/c1-2-15(17)18-16(13-9-5-3-6-10-13)14-11-7-4-8-12-14/h3-12,16H,2H2,1H3,(H2,17,18). The molecule has 2 N–H and O–H groups in total. The molecule has 0 fully saturated rings. The van der Waals surface area contributed by atoms with Crippen molar-refractivity contribution in [3.05, 3.63) is 71.8 Å². The van der Waals surface area contributed by atoms with Gasteiger partial charge in [0.1, 0.15) is 6.04 Å². The van der Waals surface area contributed by atoms with Gasteiger partial charge in [0.2, 0.25) is 0 Å². The van der Waals surface area contributed by atoms with Crippen LogP contribution in [0.4, 0.5) is 0 Å². The second-order valence-corrected chi connectivity index (χ2v) is 4.20. The number of benzene rings is 2. The highest BCUT2D eigenvalue weighted by atomic mass is 14.9. The number of rotatable bonds is 4. The fraction of sp³-hybridized carbons (Fsp3) is 0.188. The van der Waals surface area contributed by atoms with Crippen LogP contribution in [0.2, 0.25) is 0 Å². The molecule has 0 saturated carbocycles. The fourth-order valence-corrected chi connectivity index (χ4v) is 1.87. The van der Waals surface area contributed by atoms with E-state index in [2.05, 4.69) is 29.3 Å². The average Bonchev–Trinajstić information content (AvgIpc) is 2.46. The molecular formula is C16H18N2. The molecule has 0 aromatic heterocycles. The molecule has 0 spiro atoms. The van der Waals surface area contributed by atoms with Crippen molar-refractivity contribution in [1.29, 1.82) is 0 Å². The zero-order chi connectivity index (χ0) is 12.8. The van der Waals surface area contributed by atoms with Crippen molar-refractivity contribution in [1.82, 2.24) is 0 Å². The highest BCUT2D eigenvalue weighted by molar-refractivity contribution is 5.80. The van der Waals surface area contributed by atoms with Gasteiger partial charge in [-0.15, -0.1) is 0 Å². The number of nitrogens with zero attached hydrogens (tertiary/aromatic N) is 1. The summed E-state index contributed by atoms with van der Waals surface area (Å²) >= 11 is 0. The van der Waals surface area contributed by atoms with E-state index in [4.69, 9.17) is 5.73 Å². The number of amidine groups is 1. The van der Waals surface area contributed by atoms with Gasteiger partial charge in [-0.2, -0.15) is 0 Å². The van der Waals surface area contributed by atoms with E-state index >= 15 is 0 Å². The van der Waals surface area contributed by atoms with Gasteiger partial charge < -0.3 is 5.73 Å². The maximum Gasteiger partial charge on any atom is 0.102 e. The van der Waals surface area contributed by atoms with Crippen molar-refractivity contribution >= 4 is 5.84 Å². The lowest BCUT2D eigenvalue weighted by Gasteiger charge is -2.14. The summed E-state index contributed by atoms with van der Waals surface area (Å²) in [5, 5.41) is 0.